The van der Waals surface area contributed by atoms with E-state index < -0.39 is 6.04 Å². The van der Waals surface area contributed by atoms with Crippen molar-refractivity contribution in [2.24, 2.45) is 0 Å². The van der Waals surface area contributed by atoms with E-state index >= 15 is 0 Å². The first-order chi connectivity index (χ1) is 13.9. The summed E-state index contributed by atoms with van der Waals surface area (Å²) in [6.45, 7) is 3.78. The number of amides is 2. The molecule has 2 aromatic carbocycles. The zero-order valence-electron chi connectivity index (χ0n) is 17.5. The number of nitrogens with one attached hydrogen (secondary N) is 1. The predicted octanol–water partition coefficient (Wildman–Crippen LogP) is 2.55. The summed E-state index contributed by atoms with van der Waals surface area (Å²) in [6, 6.07) is 12.2. The minimum absolute atomic E-state index is 0.219. The number of ether oxygens (including phenoxy) is 3. The van der Waals surface area contributed by atoms with Crippen molar-refractivity contribution >= 4 is 11.8 Å². The van der Waals surface area contributed by atoms with Crippen LogP contribution in [0, 0.1) is 6.92 Å². The molecule has 0 fully saturated rings. The van der Waals surface area contributed by atoms with Crippen LogP contribution >= 0.6 is 0 Å². The Kier molecular flexibility index (Phi) is 7.88. The van der Waals surface area contributed by atoms with Gasteiger partial charge in [-0.3, -0.25) is 9.59 Å². The second-order valence-electron chi connectivity index (χ2n) is 6.63. The van der Waals surface area contributed by atoms with Crippen LogP contribution in [-0.4, -0.2) is 50.6 Å². The molecule has 0 saturated carbocycles. The molecule has 156 valence electrons. The number of hydrogen-bond donors (Lipinski definition) is 1. The lowest BCUT2D eigenvalue weighted by molar-refractivity contribution is -0.142. The highest BCUT2D eigenvalue weighted by Gasteiger charge is 2.26. The quantitative estimate of drug-likeness (QED) is 0.700. The SMILES string of the molecule is CNC(=O)[C@H](C)N(Cc1ccc(C)cc1)C(=O)COc1cc(OC)cc(OC)c1. The van der Waals surface area contributed by atoms with E-state index in [4.69, 9.17) is 14.2 Å². The molecule has 7 heteroatoms. The van der Waals surface area contributed by atoms with E-state index in [1.54, 1.807) is 32.2 Å². The summed E-state index contributed by atoms with van der Waals surface area (Å²) >= 11 is 0. The molecule has 0 heterocycles. The van der Waals surface area contributed by atoms with Gasteiger partial charge in [0.2, 0.25) is 5.91 Å². The van der Waals surface area contributed by atoms with Gasteiger partial charge in [0.05, 0.1) is 14.2 Å². The molecular weight excluding hydrogens is 372 g/mol. The molecule has 0 spiro atoms. The number of carbonyl (C=O) groups excluding carboxylic acids is 2. The first-order valence-corrected chi connectivity index (χ1v) is 9.30. The van der Waals surface area contributed by atoms with Crippen LogP contribution in [0.1, 0.15) is 18.1 Å². The molecule has 1 atom stereocenters. The number of benzene rings is 2. The van der Waals surface area contributed by atoms with Gasteiger partial charge in [0.25, 0.3) is 5.91 Å². The van der Waals surface area contributed by atoms with E-state index in [0.717, 1.165) is 11.1 Å². The van der Waals surface area contributed by atoms with Crippen LogP contribution in [0.4, 0.5) is 0 Å². The van der Waals surface area contributed by atoms with E-state index in [1.807, 2.05) is 31.2 Å². The smallest absolute Gasteiger partial charge is 0.261 e. The fraction of sp³-hybridized carbons (Fsp3) is 0.364. The molecule has 2 aromatic rings. The first kappa shape index (κ1) is 22.1. The molecule has 7 nitrogen and oxygen atoms in total. The molecule has 0 aromatic heterocycles. The second kappa shape index (κ2) is 10.4. The van der Waals surface area contributed by atoms with E-state index in [0.29, 0.717) is 23.8 Å². The van der Waals surface area contributed by atoms with E-state index in [1.165, 1.54) is 19.1 Å². The minimum Gasteiger partial charge on any atom is -0.496 e. The Bertz CT molecular complexity index is 813. The zero-order chi connectivity index (χ0) is 21.4. The third-order valence-corrected chi connectivity index (χ3v) is 4.57. The molecule has 0 saturated heterocycles. The summed E-state index contributed by atoms with van der Waals surface area (Å²) < 4.78 is 16.1. The molecule has 0 aliphatic carbocycles. The van der Waals surface area contributed by atoms with Crippen LogP contribution in [-0.2, 0) is 16.1 Å². The third kappa shape index (κ3) is 6.14. The molecule has 2 rings (SSSR count). The Labute approximate surface area is 171 Å². The van der Waals surface area contributed by atoms with Crippen LogP contribution in [0.3, 0.4) is 0 Å². The summed E-state index contributed by atoms with van der Waals surface area (Å²) in [6.07, 6.45) is 0. The molecule has 2 amide bonds. The van der Waals surface area contributed by atoms with Gasteiger partial charge in [0.15, 0.2) is 6.61 Å². The van der Waals surface area contributed by atoms with Crippen LogP contribution in [0.2, 0.25) is 0 Å². The number of rotatable bonds is 9. The summed E-state index contributed by atoms with van der Waals surface area (Å²) in [5, 5.41) is 2.59. The van der Waals surface area contributed by atoms with Gasteiger partial charge < -0.3 is 24.4 Å². The average molecular weight is 400 g/mol. The van der Waals surface area contributed by atoms with Gasteiger partial charge in [-0.05, 0) is 19.4 Å². The molecule has 0 radical (unpaired) electrons. The maximum absolute atomic E-state index is 12.9. The summed E-state index contributed by atoms with van der Waals surface area (Å²) in [4.78, 5) is 26.6. The lowest BCUT2D eigenvalue weighted by Gasteiger charge is -2.28. The lowest BCUT2D eigenvalue weighted by atomic mass is 10.1. The molecule has 0 aliphatic heterocycles. The minimum atomic E-state index is -0.641. The summed E-state index contributed by atoms with van der Waals surface area (Å²) in [7, 11) is 4.63. The van der Waals surface area contributed by atoms with Crippen LogP contribution in [0.15, 0.2) is 42.5 Å². The van der Waals surface area contributed by atoms with Crippen molar-refractivity contribution < 1.29 is 23.8 Å². The van der Waals surface area contributed by atoms with Gasteiger partial charge in [0, 0.05) is 31.8 Å². The molecule has 0 aliphatic rings. The van der Waals surface area contributed by atoms with Gasteiger partial charge in [-0.2, -0.15) is 0 Å². The molecular formula is C22H28N2O5. The van der Waals surface area contributed by atoms with E-state index in [2.05, 4.69) is 5.32 Å². The number of nitrogens with zero attached hydrogens (tertiary/aromatic N) is 1. The normalized spacial score (nSPS) is 11.3. The van der Waals surface area contributed by atoms with Crippen molar-refractivity contribution in [3.63, 3.8) is 0 Å². The Morgan fingerprint density at radius 1 is 1.00 bits per heavy atom. The topological polar surface area (TPSA) is 77.1 Å². The van der Waals surface area contributed by atoms with E-state index in [-0.39, 0.29) is 18.4 Å². The maximum Gasteiger partial charge on any atom is 0.261 e. The summed E-state index contributed by atoms with van der Waals surface area (Å²) in [5.74, 6) is 1.01. The van der Waals surface area contributed by atoms with E-state index in [9.17, 15) is 9.59 Å². The summed E-state index contributed by atoms with van der Waals surface area (Å²) in [5.41, 5.74) is 2.06. The van der Waals surface area contributed by atoms with Crippen LogP contribution in [0.25, 0.3) is 0 Å². The van der Waals surface area contributed by atoms with Gasteiger partial charge >= 0.3 is 0 Å². The number of likely N-dealkylation sites (N-methyl/N-ethyl adjacent to an activating group) is 1. The third-order valence-electron chi connectivity index (χ3n) is 4.57. The monoisotopic (exact) mass is 400 g/mol. The van der Waals surface area contributed by atoms with Gasteiger partial charge in [0.1, 0.15) is 23.3 Å². The van der Waals surface area contributed by atoms with Crippen molar-refractivity contribution in [1.29, 1.82) is 0 Å². The number of carbonyl (C=O) groups is 2. The second-order valence-corrected chi connectivity index (χ2v) is 6.63. The largest absolute Gasteiger partial charge is 0.496 e. The van der Waals surface area contributed by atoms with Gasteiger partial charge in [-0.1, -0.05) is 29.8 Å². The molecule has 29 heavy (non-hydrogen) atoms. The van der Waals surface area contributed by atoms with Gasteiger partial charge in [-0.15, -0.1) is 0 Å². The zero-order valence-corrected chi connectivity index (χ0v) is 17.5. The fourth-order valence-electron chi connectivity index (χ4n) is 2.77. The first-order valence-electron chi connectivity index (χ1n) is 9.30. The number of aryl methyl sites for hydroxylation is 1. The average Bonchev–Trinajstić information content (AvgIpc) is 2.75. The van der Waals surface area contributed by atoms with Crippen LogP contribution < -0.4 is 19.5 Å². The standard InChI is InChI=1S/C22H28N2O5/c1-15-6-8-17(9-7-15)13-24(16(2)22(26)23-3)21(25)14-29-20-11-18(27-4)10-19(12-20)28-5/h6-12,16H,13-14H2,1-5H3,(H,23,26)/t16-/m0/s1. The maximum atomic E-state index is 12.9. The fourth-order valence-corrected chi connectivity index (χ4v) is 2.77. The van der Waals surface area contributed by atoms with Crippen LogP contribution in [0.5, 0.6) is 17.2 Å². The van der Waals surface area contributed by atoms with Crippen molar-refractivity contribution in [2.45, 2.75) is 26.4 Å². The van der Waals surface area contributed by atoms with Crippen molar-refractivity contribution in [3.8, 4) is 17.2 Å². The number of methoxy groups -OCH3 is 2. The number of hydrogen-bond acceptors (Lipinski definition) is 5. The van der Waals surface area contributed by atoms with Crippen molar-refractivity contribution in [1.82, 2.24) is 10.2 Å². The highest BCUT2D eigenvalue weighted by Crippen LogP contribution is 2.27. The molecule has 1 N–H and O–H groups in total. The molecule has 0 bridgehead atoms. The Morgan fingerprint density at radius 3 is 2.07 bits per heavy atom. The van der Waals surface area contributed by atoms with Gasteiger partial charge in [-0.25, -0.2) is 0 Å². The Hall–Kier alpha value is -3.22. The Morgan fingerprint density at radius 2 is 1.55 bits per heavy atom. The Balaban J connectivity index is 2.16. The molecule has 0 unspecified atom stereocenters. The van der Waals surface area contributed by atoms with Crippen molar-refractivity contribution in [2.75, 3.05) is 27.9 Å². The predicted molar refractivity (Wildman–Crippen MR) is 110 cm³/mol. The lowest BCUT2D eigenvalue weighted by Crippen LogP contribution is -2.48. The highest BCUT2D eigenvalue weighted by molar-refractivity contribution is 5.87. The highest BCUT2D eigenvalue weighted by atomic mass is 16.5. The van der Waals surface area contributed by atoms with Crippen molar-refractivity contribution in [3.05, 3.63) is 53.6 Å².